The maximum Gasteiger partial charge on any atom is 0.425 e. The Morgan fingerprint density at radius 2 is 1.96 bits per heavy atom. The van der Waals surface area contributed by atoms with Crippen LogP contribution in [0.25, 0.3) is 0 Å². The number of hydrogen-bond donors (Lipinski definition) is 2. The lowest BCUT2D eigenvalue weighted by atomic mass is 9.96. The van der Waals surface area contributed by atoms with Crippen LogP contribution in [-0.2, 0) is 17.4 Å². The molecule has 0 aliphatic rings. The number of carbonyl (C=O) groups is 1. The Labute approximate surface area is 143 Å². The van der Waals surface area contributed by atoms with Crippen molar-refractivity contribution < 1.29 is 23.1 Å². The van der Waals surface area contributed by atoms with Crippen molar-refractivity contribution in [3.8, 4) is 0 Å². The summed E-state index contributed by atoms with van der Waals surface area (Å²) in [5.41, 5.74) is -2.39. The van der Waals surface area contributed by atoms with Crippen LogP contribution in [0.3, 0.4) is 0 Å². The fourth-order valence-corrected chi connectivity index (χ4v) is 2.53. The van der Waals surface area contributed by atoms with Gasteiger partial charge >= 0.3 is 6.18 Å². The molecule has 0 bridgehead atoms. The molecule has 0 saturated carbocycles. The first-order valence-electron chi connectivity index (χ1n) is 7.73. The number of benzene rings is 1. The third kappa shape index (κ3) is 4.19. The number of imidazole rings is 1. The molecule has 0 spiro atoms. The maximum absolute atomic E-state index is 13.4. The van der Waals surface area contributed by atoms with Crippen molar-refractivity contribution in [3.63, 3.8) is 0 Å². The molecule has 5 nitrogen and oxygen atoms in total. The zero-order valence-electron chi connectivity index (χ0n) is 13.9. The summed E-state index contributed by atoms with van der Waals surface area (Å²) in [6.45, 7) is 2.02. The van der Waals surface area contributed by atoms with Gasteiger partial charge < -0.3 is 15.0 Å². The normalized spacial score (nSPS) is 15.4. The highest BCUT2D eigenvalue weighted by Gasteiger charge is 2.58. The molecule has 25 heavy (non-hydrogen) atoms. The van der Waals surface area contributed by atoms with Crippen molar-refractivity contribution >= 4 is 5.91 Å². The van der Waals surface area contributed by atoms with E-state index in [1.807, 2.05) is 37.3 Å². The minimum atomic E-state index is -5.03. The minimum Gasteiger partial charge on any atom is -0.374 e. The number of aryl methyl sites for hydroxylation is 1. The van der Waals surface area contributed by atoms with E-state index in [0.717, 1.165) is 16.3 Å². The molecule has 0 aliphatic heterocycles. The Kier molecular flexibility index (Phi) is 5.52. The molecule has 1 amide bonds. The SMILES string of the molecule is CC(CNC(=O)CC(O)(c1nccn1C)C(F)(F)F)c1ccccc1. The maximum atomic E-state index is 13.4. The Balaban J connectivity index is 2.07. The quantitative estimate of drug-likeness (QED) is 0.837. The Hall–Kier alpha value is -2.35. The van der Waals surface area contributed by atoms with Crippen LogP contribution in [0.5, 0.6) is 0 Å². The van der Waals surface area contributed by atoms with E-state index in [-0.39, 0.29) is 12.5 Å². The van der Waals surface area contributed by atoms with Gasteiger partial charge in [-0.25, -0.2) is 4.98 Å². The second kappa shape index (κ2) is 7.26. The summed E-state index contributed by atoms with van der Waals surface area (Å²) in [4.78, 5) is 15.6. The van der Waals surface area contributed by atoms with Gasteiger partial charge in [0.25, 0.3) is 0 Å². The van der Waals surface area contributed by atoms with Crippen LogP contribution in [0, 0.1) is 0 Å². The number of hydrogen-bond acceptors (Lipinski definition) is 3. The molecule has 136 valence electrons. The highest BCUT2D eigenvalue weighted by atomic mass is 19.4. The number of nitrogens with one attached hydrogen (secondary N) is 1. The monoisotopic (exact) mass is 355 g/mol. The van der Waals surface area contributed by atoms with E-state index >= 15 is 0 Å². The van der Waals surface area contributed by atoms with Crippen LogP contribution in [-0.4, -0.2) is 33.3 Å². The van der Waals surface area contributed by atoms with Gasteiger partial charge in [-0.1, -0.05) is 37.3 Å². The molecule has 8 heteroatoms. The Morgan fingerprint density at radius 3 is 2.48 bits per heavy atom. The predicted molar refractivity (Wildman–Crippen MR) is 85.6 cm³/mol. The summed E-state index contributed by atoms with van der Waals surface area (Å²) in [7, 11) is 1.33. The number of amides is 1. The highest BCUT2D eigenvalue weighted by molar-refractivity contribution is 5.77. The molecule has 0 radical (unpaired) electrons. The number of rotatable bonds is 6. The van der Waals surface area contributed by atoms with E-state index < -0.39 is 29.9 Å². The van der Waals surface area contributed by atoms with Crippen LogP contribution < -0.4 is 5.32 Å². The number of aromatic nitrogens is 2. The summed E-state index contributed by atoms with van der Waals surface area (Å²) in [6.07, 6.45) is -3.76. The van der Waals surface area contributed by atoms with E-state index in [4.69, 9.17) is 0 Å². The third-order valence-electron chi connectivity index (χ3n) is 4.05. The molecule has 1 heterocycles. The molecular formula is C17H20F3N3O2. The number of halogens is 3. The Bertz CT molecular complexity index is 715. The van der Waals surface area contributed by atoms with Crippen molar-refractivity contribution in [2.24, 2.45) is 7.05 Å². The van der Waals surface area contributed by atoms with E-state index in [1.54, 1.807) is 0 Å². The fourth-order valence-electron chi connectivity index (χ4n) is 2.53. The summed E-state index contributed by atoms with van der Waals surface area (Å²) in [5, 5.41) is 12.6. The van der Waals surface area contributed by atoms with E-state index in [9.17, 15) is 23.1 Å². The molecule has 2 rings (SSSR count). The third-order valence-corrected chi connectivity index (χ3v) is 4.05. The van der Waals surface area contributed by atoms with Crippen molar-refractivity contribution in [2.75, 3.05) is 6.54 Å². The van der Waals surface area contributed by atoms with Crippen molar-refractivity contribution in [1.82, 2.24) is 14.9 Å². The Morgan fingerprint density at radius 1 is 1.32 bits per heavy atom. The van der Waals surface area contributed by atoms with Gasteiger partial charge in [0.15, 0.2) is 5.82 Å². The highest BCUT2D eigenvalue weighted by Crippen LogP contribution is 2.40. The first kappa shape index (κ1) is 19.0. The van der Waals surface area contributed by atoms with Crippen LogP contribution >= 0.6 is 0 Å². The van der Waals surface area contributed by atoms with Crippen LogP contribution in [0.15, 0.2) is 42.7 Å². The number of alkyl halides is 3. The molecule has 0 saturated heterocycles. The van der Waals surface area contributed by atoms with Gasteiger partial charge in [0.2, 0.25) is 11.5 Å². The number of nitrogens with zero attached hydrogens (tertiary/aromatic N) is 2. The van der Waals surface area contributed by atoms with Crippen LogP contribution in [0.4, 0.5) is 13.2 Å². The first-order chi connectivity index (χ1) is 11.6. The molecule has 1 aromatic heterocycles. The smallest absolute Gasteiger partial charge is 0.374 e. The first-order valence-corrected chi connectivity index (χ1v) is 7.73. The van der Waals surface area contributed by atoms with Gasteiger partial charge in [-0.15, -0.1) is 0 Å². The van der Waals surface area contributed by atoms with Gasteiger partial charge in [0.05, 0.1) is 6.42 Å². The van der Waals surface area contributed by atoms with Gasteiger partial charge in [-0.3, -0.25) is 4.79 Å². The summed E-state index contributed by atoms with van der Waals surface area (Å²) in [5.74, 6) is -1.59. The van der Waals surface area contributed by atoms with Gasteiger partial charge in [0.1, 0.15) is 0 Å². The van der Waals surface area contributed by atoms with Gasteiger partial charge in [-0.05, 0) is 11.5 Å². The van der Waals surface area contributed by atoms with E-state index in [1.165, 1.54) is 13.2 Å². The molecule has 2 unspecified atom stereocenters. The molecule has 2 aromatic rings. The largest absolute Gasteiger partial charge is 0.425 e. The van der Waals surface area contributed by atoms with Gasteiger partial charge in [0, 0.05) is 26.0 Å². The van der Waals surface area contributed by atoms with Crippen LogP contribution in [0.1, 0.15) is 30.7 Å². The van der Waals surface area contributed by atoms with Crippen molar-refractivity contribution in [1.29, 1.82) is 0 Å². The predicted octanol–water partition coefficient (Wildman–Crippen LogP) is 2.48. The van der Waals surface area contributed by atoms with Gasteiger partial charge in [-0.2, -0.15) is 13.2 Å². The van der Waals surface area contributed by atoms with Crippen LogP contribution in [0.2, 0.25) is 0 Å². The molecule has 2 atom stereocenters. The molecule has 2 N–H and O–H groups in total. The minimum absolute atomic E-state index is 0.0720. The lowest BCUT2D eigenvalue weighted by Crippen LogP contribution is -2.48. The summed E-state index contributed by atoms with van der Waals surface area (Å²) < 4.78 is 41.2. The lowest BCUT2D eigenvalue weighted by molar-refractivity contribution is -0.271. The number of aliphatic hydroxyl groups is 1. The van der Waals surface area contributed by atoms with E-state index in [0.29, 0.717) is 0 Å². The fraction of sp³-hybridized carbons (Fsp3) is 0.412. The summed E-state index contributed by atoms with van der Waals surface area (Å²) >= 11 is 0. The molecule has 0 aliphatic carbocycles. The zero-order valence-corrected chi connectivity index (χ0v) is 13.9. The molecular weight excluding hydrogens is 335 g/mol. The lowest BCUT2D eigenvalue weighted by Gasteiger charge is -2.29. The summed E-state index contributed by atoms with van der Waals surface area (Å²) in [6, 6.07) is 9.28. The number of carbonyl (C=O) groups excluding carboxylic acids is 1. The second-order valence-electron chi connectivity index (χ2n) is 6.01. The average Bonchev–Trinajstić information content (AvgIpc) is 2.99. The second-order valence-corrected chi connectivity index (χ2v) is 6.01. The molecule has 0 fully saturated rings. The van der Waals surface area contributed by atoms with Crippen molar-refractivity contribution in [3.05, 3.63) is 54.1 Å². The molecule has 1 aromatic carbocycles. The van der Waals surface area contributed by atoms with Crippen molar-refractivity contribution in [2.45, 2.75) is 31.0 Å². The van der Waals surface area contributed by atoms with E-state index in [2.05, 4.69) is 10.3 Å². The standard InChI is InChI=1S/C17H20F3N3O2/c1-12(13-6-4-3-5-7-13)11-22-14(24)10-16(25,17(18,19)20)15-21-8-9-23(15)2/h3-9,12,25H,10-11H2,1-2H3,(H,22,24). The average molecular weight is 355 g/mol. The zero-order chi connectivity index (χ0) is 18.7. The topological polar surface area (TPSA) is 67.2 Å².